The molecule has 0 aliphatic carbocycles. The third-order valence-electron chi connectivity index (χ3n) is 3.40. The first-order valence-electron chi connectivity index (χ1n) is 7.47. The molecule has 8 heteroatoms. The summed E-state index contributed by atoms with van der Waals surface area (Å²) in [5, 5.41) is 2.71. The van der Waals surface area contributed by atoms with Crippen LogP contribution in [0.1, 0.15) is 32.3 Å². The van der Waals surface area contributed by atoms with Crippen molar-refractivity contribution >= 4 is 34.0 Å². The lowest BCUT2D eigenvalue weighted by Gasteiger charge is -2.20. The van der Waals surface area contributed by atoms with E-state index in [4.69, 9.17) is 5.73 Å². The highest BCUT2D eigenvalue weighted by Gasteiger charge is 2.23. The molecule has 0 bridgehead atoms. The van der Waals surface area contributed by atoms with Gasteiger partial charge >= 0.3 is 0 Å². The summed E-state index contributed by atoms with van der Waals surface area (Å²) in [6.07, 6.45) is 0.921. The highest BCUT2D eigenvalue weighted by Crippen LogP contribution is 2.23. The van der Waals surface area contributed by atoms with E-state index in [1.165, 1.54) is 10.4 Å². The van der Waals surface area contributed by atoms with Crippen molar-refractivity contribution in [3.63, 3.8) is 0 Å². The fourth-order valence-electron chi connectivity index (χ4n) is 2.14. The number of rotatable bonds is 8. The van der Waals surface area contributed by atoms with Gasteiger partial charge in [-0.25, -0.2) is 8.42 Å². The minimum Gasteiger partial charge on any atom is -0.330 e. The van der Waals surface area contributed by atoms with Crippen molar-refractivity contribution in [3.8, 4) is 0 Å². The first-order chi connectivity index (χ1) is 10.4. The van der Waals surface area contributed by atoms with Gasteiger partial charge in [0.05, 0.1) is 4.90 Å². The van der Waals surface area contributed by atoms with Crippen LogP contribution in [-0.4, -0.2) is 38.3 Å². The summed E-state index contributed by atoms with van der Waals surface area (Å²) in [6, 6.07) is 4.93. The third-order valence-corrected chi connectivity index (χ3v) is 5.59. The number of anilines is 1. The van der Waals surface area contributed by atoms with Gasteiger partial charge in [0.25, 0.3) is 0 Å². The summed E-state index contributed by atoms with van der Waals surface area (Å²) < 4.78 is 26.6. The summed E-state index contributed by atoms with van der Waals surface area (Å²) in [7, 11) is -3.55. The predicted molar refractivity (Wildman–Crippen MR) is 95.5 cm³/mol. The Morgan fingerprint density at radius 3 is 2.39 bits per heavy atom. The average molecular weight is 364 g/mol. The molecule has 0 aliphatic rings. The second-order valence-electron chi connectivity index (χ2n) is 5.01. The van der Waals surface area contributed by atoms with Crippen molar-refractivity contribution in [3.05, 3.63) is 23.8 Å². The second-order valence-corrected chi connectivity index (χ2v) is 6.92. The number of benzene rings is 1. The van der Waals surface area contributed by atoms with Crippen molar-refractivity contribution < 1.29 is 13.2 Å². The van der Waals surface area contributed by atoms with Crippen LogP contribution in [0.2, 0.25) is 0 Å². The molecule has 132 valence electrons. The molecule has 1 aromatic rings. The number of carbonyl (C=O) groups excluding carboxylic acids is 1. The van der Waals surface area contributed by atoms with Gasteiger partial charge in [0.15, 0.2) is 0 Å². The molecule has 1 aromatic carbocycles. The monoisotopic (exact) mass is 363 g/mol. The number of carbonyl (C=O) groups is 1. The smallest absolute Gasteiger partial charge is 0.243 e. The number of sulfonamides is 1. The van der Waals surface area contributed by atoms with Crippen LogP contribution in [0.5, 0.6) is 0 Å². The summed E-state index contributed by atoms with van der Waals surface area (Å²) in [5.74, 6) is -0.166. The number of hydrogen-bond donors (Lipinski definition) is 2. The Hall–Kier alpha value is -1.15. The summed E-state index contributed by atoms with van der Waals surface area (Å²) in [4.78, 5) is 12.0. The zero-order valence-corrected chi connectivity index (χ0v) is 15.5. The first-order valence-corrected chi connectivity index (χ1v) is 8.91. The van der Waals surface area contributed by atoms with E-state index in [0.29, 0.717) is 43.7 Å². The second kappa shape index (κ2) is 9.87. The van der Waals surface area contributed by atoms with Gasteiger partial charge in [-0.2, -0.15) is 4.31 Å². The Morgan fingerprint density at radius 2 is 1.87 bits per heavy atom. The quantitative estimate of drug-likeness (QED) is 0.739. The average Bonchev–Trinajstić information content (AvgIpc) is 2.48. The lowest BCUT2D eigenvalue weighted by molar-refractivity contribution is -0.116. The number of aryl methyl sites for hydroxylation is 1. The number of hydrogen-bond acceptors (Lipinski definition) is 4. The van der Waals surface area contributed by atoms with E-state index < -0.39 is 10.0 Å². The summed E-state index contributed by atoms with van der Waals surface area (Å²) in [6.45, 7) is 6.61. The number of nitrogens with one attached hydrogen (secondary N) is 1. The fraction of sp³-hybridized carbons (Fsp3) is 0.533. The highest BCUT2D eigenvalue weighted by atomic mass is 35.5. The summed E-state index contributed by atoms with van der Waals surface area (Å²) in [5.41, 5.74) is 6.51. The minimum absolute atomic E-state index is 0. The molecule has 0 saturated carbocycles. The molecule has 1 amide bonds. The molecule has 0 unspecified atom stereocenters. The molecule has 0 spiro atoms. The van der Waals surface area contributed by atoms with Gasteiger partial charge in [0, 0.05) is 25.2 Å². The fourth-order valence-corrected chi connectivity index (χ4v) is 3.85. The van der Waals surface area contributed by atoms with Gasteiger partial charge in [-0.3, -0.25) is 4.79 Å². The lowest BCUT2D eigenvalue weighted by Crippen LogP contribution is -2.31. The molecule has 0 fully saturated rings. The topological polar surface area (TPSA) is 92.5 Å². The maximum Gasteiger partial charge on any atom is 0.243 e. The van der Waals surface area contributed by atoms with E-state index in [2.05, 4.69) is 5.32 Å². The molecule has 0 aliphatic heterocycles. The van der Waals surface area contributed by atoms with Crippen molar-refractivity contribution in [1.29, 1.82) is 0 Å². The maximum atomic E-state index is 12.6. The van der Waals surface area contributed by atoms with Gasteiger partial charge in [-0.15, -0.1) is 12.4 Å². The largest absolute Gasteiger partial charge is 0.330 e. The van der Waals surface area contributed by atoms with Crippen LogP contribution in [0.25, 0.3) is 0 Å². The molecule has 23 heavy (non-hydrogen) atoms. The Bertz CT molecular complexity index is 616. The van der Waals surface area contributed by atoms with E-state index in [1.807, 2.05) is 0 Å². The van der Waals surface area contributed by atoms with Crippen LogP contribution < -0.4 is 11.1 Å². The maximum absolute atomic E-state index is 12.6. The van der Waals surface area contributed by atoms with E-state index in [9.17, 15) is 13.2 Å². The van der Waals surface area contributed by atoms with E-state index in [0.717, 1.165) is 0 Å². The van der Waals surface area contributed by atoms with Gasteiger partial charge in [0.2, 0.25) is 15.9 Å². The normalized spacial score (nSPS) is 11.2. The number of nitrogens with zero attached hydrogens (tertiary/aromatic N) is 1. The van der Waals surface area contributed by atoms with Crippen LogP contribution >= 0.6 is 12.4 Å². The van der Waals surface area contributed by atoms with Gasteiger partial charge in [0.1, 0.15) is 0 Å². The molecule has 0 atom stereocenters. The SMILES string of the molecule is CCN(CC)S(=O)(=O)c1cc(NC(=O)CCCN)ccc1C.Cl. The van der Waals surface area contributed by atoms with Crippen molar-refractivity contribution in [1.82, 2.24) is 4.31 Å². The molecule has 0 heterocycles. The van der Waals surface area contributed by atoms with Gasteiger partial charge < -0.3 is 11.1 Å². The molecule has 0 radical (unpaired) electrons. The molecule has 0 saturated heterocycles. The molecule has 0 aromatic heterocycles. The molecule has 3 N–H and O–H groups in total. The van der Waals surface area contributed by atoms with E-state index in [-0.39, 0.29) is 23.2 Å². The summed E-state index contributed by atoms with van der Waals surface area (Å²) >= 11 is 0. The van der Waals surface area contributed by atoms with E-state index in [1.54, 1.807) is 32.9 Å². The van der Waals surface area contributed by atoms with Gasteiger partial charge in [-0.05, 0) is 37.6 Å². The molecular formula is C15H26ClN3O3S. The predicted octanol–water partition coefficient (Wildman–Crippen LogP) is 2.12. The van der Waals surface area contributed by atoms with Crippen molar-refractivity contribution in [2.24, 2.45) is 5.73 Å². The lowest BCUT2D eigenvalue weighted by atomic mass is 10.2. The minimum atomic E-state index is -3.55. The van der Waals surface area contributed by atoms with Gasteiger partial charge in [-0.1, -0.05) is 19.9 Å². The molecule has 6 nitrogen and oxygen atoms in total. The Morgan fingerprint density at radius 1 is 1.26 bits per heavy atom. The van der Waals surface area contributed by atoms with Crippen molar-refractivity contribution in [2.75, 3.05) is 25.0 Å². The number of nitrogens with two attached hydrogens (primary N) is 1. The highest BCUT2D eigenvalue weighted by molar-refractivity contribution is 7.89. The third kappa shape index (κ3) is 5.76. The standard InChI is InChI=1S/C15H25N3O3S.ClH/c1-4-18(5-2)22(20,21)14-11-13(9-8-12(14)3)17-15(19)7-6-10-16;/h8-9,11H,4-7,10,16H2,1-3H3,(H,17,19);1H. The first kappa shape index (κ1) is 21.9. The number of amides is 1. The van der Waals surface area contributed by atoms with Crippen LogP contribution in [0.4, 0.5) is 5.69 Å². The van der Waals surface area contributed by atoms with Crippen LogP contribution in [0, 0.1) is 6.92 Å². The van der Waals surface area contributed by atoms with Crippen LogP contribution in [0.15, 0.2) is 23.1 Å². The van der Waals surface area contributed by atoms with Crippen LogP contribution in [0.3, 0.4) is 0 Å². The molecule has 1 rings (SSSR count). The Balaban J connectivity index is 0.00000484. The zero-order valence-electron chi connectivity index (χ0n) is 13.8. The molecular weight excluding hydrogens is 338 g/mol. The van der Waals surface area contributed by atoms with Crippen LogP contribution in [-0.2, 0) is 14.8 Å². The van der Waals surface area contributed by atoms with E-state index >= 15 is 0 Å². The Kier molecular flexibility index (Phi) is 9.38. The van der Waals surface area contributed by atoms with Crippen molar-refractivity contribution in [2.45, 2.75) is 38.5 Å². The Labute approximate surface area is 144 Å². The number of halogens is 1. The zero-order chi connectivity index (χ0) is 16.8.